The third kappa shape index (κ3) is 2.35. The van der Waals surface area contributed by atoms with Gasteiger partial charge in [0.1, 0.15) is 5.52 Å². The van der Waals surface area contributed by atoms with Crippen molar-refractivity contribution < 1.29 is 9.90 Å². The largest absolute Gasteiger partial charge is 0.478 e. The van der Waals surface area contributed by atoms with Gasteiger partial charge in [0, 0.05) is 18.9 Å². The van der Waals surface area contributed by atoms with Gasteiger partial charge in [-0.05, 0) is 36.2 Å². The van der Waals surface area contributed by atoms with E-state index in [1.54, 1.807) is 23.0 Å². The smallest absolute Gasteiger partial charge is 0.335 e. The first-order valence-corrected chi connectivity index (χ1v) is 6.19. The molecular weight excluding hydrogens is 256 g/mol. The maximum atomic E-state index is 10.9. The fraction of sp³-hybridized carbons (Fsp3) is 0.143. The molecule has 2 heterocycles. The zero-order valence-corrected chi connectivity index (χ0v) is 10.6. The number of carbonyl (C=O) groups is 1. The van der Waals surface area contributed by atoms with Gasteiger partial charge in [-0.3, -0.25) is 4.98 Å². The van der Waals surface area contributed by atoms with Gasteiger partial charge in [0.2, 0.25) is 0 Å². The van der Waals surface area contributed by atoms with E-state index >= 15 is 0 Å². The highest BCUT2D eigenvalue weighted by Crippen LogP contribution is 2.14. The molecule has 0 fully saturated rings. The minimum atomic E-state index is -0.961. The molecule has 1 N–H and O–H groups in total. The van der Waals surface area contributed by atoms with Crippen LogP contribution in [0.25, 0.3) is 11.0 Å². The molecule has 100 valence electrons. The summed E-state index contributed by atoms with van der Waals surface area (Å²) in [7, 11) is 0. The van der Waals surface area contributed by atoms with E-state index in [1.165, 1.54) is 6.07 Å². The van der Waals surface area contributed by atoms with Crippen molar-refractivity contribution in [3.63, 3.8) is 0 Å². The molecule has 0 atom stereocenters. The molecule has 0 unspecified atom stereocenters. The van der Waals surface area contributed by atoms with Crippen molar-refractivity contribution in [2.24, 2.45) is 0 Å². The number of aromatic carboxylic acids is 1. The van der Waals surface area contributed by atoms with Gasteiger partial charge in [0.15, 0.2) is 0 Å². The highest BCUT2D eigenvalue weighted by atomic mass is 16.4. The zero-order chi connectivity index (χ0) is 13.9. The van der Waals surface area contributed by atoms with Crippen LogP contribution in [0.15, 0.2) is 42.7 Å². The molecule has 1 aromatic carbocycles. The van der Waals surface area contributed by atoms with E-state index in [0.29, 0.717) is 12.1 Å². The lowest BCUT2D eigenvalue weighted by molar-refractivity contribution is 0.0697. The summed E-state index contributed by atoms with van der Waals surface area (Å²) < 4.78 is 1.77. The van der Waals surface area contributed by atoms with Crippen LogP contribution in [0.5, 0.6) is 0 Å². The number of nitrogens with zero attached hydrogens (tertiary/aromatic N) is 4. The van der Waals surface area contributed by atoms with Crippen molar-refractivity contribution in [1.82, 2.24) is 20.0 Å². The molecule has 0 spiro atoms. The number of rotatable bonds is 4. The number of carboxylic acids is 1. The number of aryl methyl sites for hydroxylation is 2. The predicted molar refractivity (Wildman–Crippen MR) is 72.4 cm³/mol. The summed E-state index contributed by atoms with van der Waals surface area (Å²) in [4.78, 5) is 15.0. The second-order valence-electron chi connectivity index (χ2n) is 4.43. The normalized spacial score (nSPS) is 10.8. The molecule has 3 rings (SSSR count). The van der Waals surface area contributed by atoms with Crippen LogP contribution in [-0.4, -0.2) is 31.1 Å². The molecule has 0 saturated heterocycles. The summed E-state index contributed by atoms with van der Waals surface area (Å²) in [5, 5.41) is 17.0. The molecule has 0 radical (unpaired) electrons. The van der Waals surface area contributed by atoms with Crippen LogP contribution >= 0.6 is 0 Å². The number of benzene rings is 1. The number of hydrogen-bond acceptors (Lipinski definition) is 4. The number of hydrogen-bond donors (Lipinski definition) is 1. The van der Waals surface area contributed by atoms with Crippen LogP contribution < -0.4 is 0 Å². The summed E-state index contributed by atoms with van der Waals surface area (Å²) in [5.41, 5.74) is 2.77. The van der Waals surface area contributed by atoms with Gasteiger partial charge in [-0.1, -0.05) is 11.3 Å². The number of pyridine rings is 1. The SMILES string of the molecule is O=C(O)c1ccc2c(c1)nnn2CCc1cccnc1. The monoisotopic (exact) mass is 268 g/mol. The van der Waals surface area contributed by atoms with Gasteiger partial charge in [0.25, 0.3) is 0 Å². The topological polar surface area (TPSA) is 80.9 Å². The van der Waals surface area contributed by atoms with Crippen LogP contribution in [-0.2, 0) is 13.0 Å². The first-order chi connectivity index (χ1) is 9.74. The minimum absolute atomic E-state index is 0.219. The molecule has 6 nitrogen and oxygen atoms in total. The van der Waals surface area contributed by atoms with Crippen LogP contribution in [0.4, 0.5) is 0 Å². The van der Waals surface area contributed by atoms with Crippen LogP contribution in [0.3, 0.4) is 0 Å². The lowest BCUT2D eigenvalue weighted by atomic mass is 10.2. The zero-order valence-electron chi connectivity index (χ0n) is 10.6. The van der Waals surface area contributed by atoms with E-state index < -0.39 is 5.97 Å². The molecule has 2 aromatic heterocycles. The van der Waals surface area contributed by atoms with Crippen molar-refractivity contribution in [3.05, 3.63) is 53.9 Å². The fourth-order valence-corrected chi connectivity index (χ4v) is 2.05. The van der Waals surface area contributed by atoms with Gasteiger partial charge in [-0.25, -0.2) is 9.48 Å². The van der Waals surface area contributed by atoms with Crippen molar-refractivity contribution >= 4 is 17.0 Å². The molecule has 6 heteroatoms. The molecule has 0 aliphatic rings. The molecular formula is C14H12N4O2. The third-order valence-electron chi connectivity index (χ3n) is 3.10. The summed E-state index contributed by atoms with van der Waals surface area (Å²) in [6, 6.07) is 8.74. The highest BCUT2D eigenvalue weighted by molar-refractivity contribution is 5.92. The standard InChI is InChI=1S/C14H12N4O2/c19-14(20)11-3-4-13-12(8-11)16-17-18(13)7-5-10-2-1-6-15-9-10/h1-4,6,8-9H,5,7H2,(H,19,20). The summed E-state index contributed by atoms with van der Waals surface area (Å²) in [5.74, 6) is -0.961. The van der Waals surface area contributed by atoms with E-state index in [-0.39, 0.29) is 5.56 Å². The van der Waals surface area contributed by atoms with Gasteiger partial charge >= 0.3 is 5.97 Å². The molecule has 0 aliphatic heterocycles. The average Bonchev–Trinajstić information content (AvgIpc) is 2.88. The number of carboxylic acid groups (broad SMARTS) is 1. The molecule has 0 aliphatic carbocycles. The quantitative estimate of drug-likeness (QED) is 0.779. The minimum Gasteiger partial charge on any atom is -0.478 e. The van der Waals surface area contributed by atoms with Gasteiger partial charge in [-0.15, -0.1) is 5.10 Å². The average molecular weight is 268 g/mol. The maximum absolute atomic E-state index is 10.9. The van der Waals surface area contributed by atoms with Gasteiger partial charge in [-0.2, -0.15) is 0 Å². The summed E-state index contributed by atoms with van der Waals surface area (Å²) in [6.45, 7) is 0.675. The van der Waals surface area contributed by atoms with Gasteiger partial charge in [0.05, 0.1) is 11.1 Å². The Labute approximate surface area is 114 Å². The first-order valence-electron chi connectivity index (χ1n) is 6.19. The number of fused-ring (bicyclic) bond motifs is 1. The Hall–Kier alpha value is -2.76. The lowest BCUT2D eigenvalue weighted by Crippen LogP contribution is -2.03. The van der Waals surface area contributed by atoms with E-state index in [1.807, 2.05) is 18.3 Å². The Bertz CT molecular complexity index is 752. The van der Waals surface area contributed by atoms with Crippen molar-refractivity contribution in [2.45, 2.75) is 13.0 Å². The van der Waals surface area contributed by atoms with Crippen LogP contribution in [0.1, 0.15) is 15.9 Å². The second-order valence-corrected chi connectivity index (χ2v) is 4.43. The van der Waals surface area contributed by atoms with Crippen molar-refractivity contribution in [1.29, 1.82) is 0 Å². The molecule has 0 amide bonds. The Balaban J connectivity index is 1.84. The molecule has 3 aromatic rings. The fourth-order valence-electron chi connectivity index (χ4n) is 2.05. The van der Waals surface area contributed by atoms with E-state index in [0.717, 1.165) is 17.5 Å². The molecule has 0 saturated carbocycles. The summed E-state index contributed by atoms with van der Waals surface area (Å²) >= 11 is 0. The first kappa shape index (κ1) is 12.3. The predicted octanol–water partition coefficient (Wildman–Crippen LogP) is 1.77. The maximum Gasteiger partial charge on any atom is 0.335 e. The Morgan fingerprint density at radius 1 is 1.30 bits per heavy atom. The Kier molecular flexibility index (Phi) is 3.12. The molecule has 20 heavy (non-hydrogen) atoms. The second kappa shape index (κ2) is 5.08. The van der Waals surface area contributed by atoms with E-state index in [4.69, 9.17) is 5.11 Å². The number of aromatic nitrogens is 4. The van der Waals surface area contributed by atoms with E-state index in [9.17, 15) is 4.79 Å². The van der Waals surface area contributed by atoms with Crippen molar-refractivity contribution in [2.75, 3.05) is 0 Å². The summed E-state index contributed by atoms with van der Waals surface area (Å²) in [6.07, 6.45) is 4.36. The van der Waals surface area contributed by atoms with Crippen LogP contribution in [0, 0.1) is 0 Å². The third-order valence-corrected chi connectivity index (χ3v) is 3.10. The van der Waals surface area contributed by atoms with E-state index in [2.05, 4.69) is 15.3 Å². The lowest BCUT2D eigenvalue weighted by Gasteiger charge is -2.02. The van der Waals surface area contributed by atoms with Crippen LogP contribution in [0.2, 0.25) is 0 Å². The van der Waals surface area contributed by atoms with Crippen molar-refractivity contribution in [3.8, 4) is 0 Å². The Morgan fingerprint density at radius 3 is 2.95 bits per heavy atom. The highest BCUT2D eigenvalue weighted by Gasteiger charge is 2.08. The molecule has 0 bridgehead atoms. The van der Waals surface area contributed by atoms with Gasteiger partial charge < -0.3 is 5.11 Å². The Morgan fingerprint density at radius 2 is 2.20 bits per heavy atom.